The molecule has 0 spiro atoms. The monoisotopic (exact) mass is 435 g/mol. The number of allylic oxidation sites excluding steroid dienone is 1. The Morgan fingerprint density at radius 1 is 1.23 bits per heavy atom. The lowest BCUT2D eigenvalue weighted by Crippen LogP contribution is -2.44. The number of aromatic nitrogens is 2. The predicted octanol–water partition coefficient (Wildman–Crippen LogP) is 5.13. The Labute approximate surface area is 183 Å². The number of halogens is 1. The molecular weight excluding hydrogens is 414 g/mol. The van der Waals surface area contributed by atoms with Crippen molar-refractivity contribution >= 4 is 56.3 Å². The maximum absolute atomic E-state index is 13.1. The van der Waals surface area contributed by atoms with Crippen LogP contribution in [0.4, 0.5) is 5.69 Å². The van der Waals surface area contributed by atoms with E-state index in [4.69, 9.17) is 11.6 Å². The molecule has 6 heteroatoms. The number of imidazole rings is 1. The topological polar surface area (TPSA) is 37.6 Å². The molecule has 0 radical (unpaired) electrons. The molecule has 4 nitrogen and oxygen atoms in total. The zero-order valence-corrected chi connectivity index (χ0v) is 18.9. The summed E-state index contributed by atoms with van der Waals surface area (Å²) in [5.74, 6) is 0. The summed E-state index contributed by atoms with van der Waals surface area (Å²) in [6, 6.07) is 11.8. The van der Waals surface area contributed by atoms with Gasteiger partial charge in [-0.3, -0.25) is 4.79 Å². The van der Waals surface area contributed by atoms with Crippen LogP contribution in [-0.4, -0.2) is 21.5 Å². The van der Waals surface area contributed by atoms with E-state index < -0.39 is 0 Å². The van der Waals surface area contributed by atoms with Crippen molar-refractivity contribution in [3.63, 3.8) is 0 Å². The Bertz CT molecular complexity index is 1460. The van der Waals surface area contributed by atoms with E-state index >= 15 is 0 Å². The van der Waals surface area contributed by atoms with E-state index in [2.05, 4.69) is 49.7 Å². The van der Waals surface area contributed by atoms with Gasteiger partial charge in [0.25, 0.3) is 5.56 Å². The molecule has 1 aliphatic heterocycles. The van der Waals surface area contributed by atoms with E-state index in [1.165, 1.54) is 16.9 Å². The van der Waals surface area contributed by atoms with Crippen LogP contribution in [-0.2, 0) is 0 Å². The lowest BCUT2D eigenvalue weighted by molar-refractivity contribution is 0.566. The summed E-state index contributed by atoms with van der Waals surface area (Å²) in [5.41, 5.74) is 5.92. The average molecular weight is 436 g/mol. The first-order valence-electron chi connectivity index (χ1n) is 10.0. The van der Waals surface area contributed by atoms with Crippen LogP contribution in [0.3, 0.4) is 0 Å². The average Bonchev–Trinajstić information content (AvgIpc) is 3.19. The fourth-order valence-corrected chi connectivity index (χ4v) is 5.75. The van der Waals surface area contributed by atoms with Crippen molar-refractivity contribution < 1.29 is 0 Å². The van der Waals surface area contributed by atoms with Gasteiger partial charge in [-0.25, -0.2) is 9.38 Å². The number of benzene rings is 2. The van der Waals surface area contributed by atoms with Gasteiger partial charge in [0.2, 0.25) is 0 Å². The minimum atomic E-state index is -0.0668. The van der Waals surface area contributed by atoms with Gasteiger partial charge >= 0.3 is 0 Å². The molecular formula is C24H22ClN3OS. The third kappa shape index (κ3) is 2.80. The molecule has 152 valence electrons. The number of thiazole rings is 1. The first-order valence-corrected chi connectivity index (χ1v) is 11.2. The van der Waals surface area contributed by atoms with Gasteiger partial charge in [0.1, 0.15) is 0 Å². The maximum atomic E-state index is 13.1. The molecule has 2 aromatic carbocycles. The van der Waals surface area contributed by atoms with Crippen molar-refractivity contribution in [3.8, 4) is 0 Å². The summed E-state index contributed by atoms with van der Waals surface area (Å²) in [6.07, 6.45) is 4.18. The fourth-order valence-electron chi connectivity index (χ4n) is 4.56. The SMILES string of the molecule is CCN1c2cc(Cl)c(/C=c3/sc4nc5ccccc5n4c3=O)cc2C(C)=CC1(C)C. The van der Waals surface area contributed by atoms with E-state index in [0.717, 1.165) is 34.4 Å². The number of hydrogen-bond donors (Lipinski definition) is 0. The van der Waals surface area contributed by atoms with Crippen molar-refractivity contribution in [3.05, 3.63) is 73.5 Å². The molecule has 5 rings (SSSR count). The molecule has 4 aromatic rings. The molecule has 0 aliphatic carbocycles. The first kappa shape index (κ1) is 19.3. The van der Waals surface area contributed by atoms with Gasteiger partial charge in [-0.05, 0) is 69.2 Å². The predicted molar refractivity (Wildman–Crippen MR) is 128 cm³/mol. The van der Waals surface area contributed by atoms with Gasteiger partial charge in [-0.15, -0.1) is 0 Å². The van der Waals surface area contributed by atoms with Crippen molar-refractivity contribution in [2.75, 3.05) is 11.4 Å². The van der Waals surface area contributed by atoms with Crippen LogP contribution in [0, 0.1) is 0 Å². The van der Waals surface area contributed by atoms with Crippen LogP contribution < -0.4 is 15.0 Å². The molecule has 0 saturated heterocycles. The summed E-state index contributed by atoms with van der Waals surface area (Å²) in [7, 11) is 0. The normalized spacial score (nSPS) is 16.4. The molecule has 0 fully saturated rings. The number of anilines is 1. The molecule has 0 saturated carbocycles. The molecule has 0 N–H and O–H groups in total. The Morgan fingerprint density at radius 3 is 2.77 bits per heavy atom. The van der Waals surface area contributed by atoms with E-state index in [1.807, 2.05) is 36.4 Å². The highest BCUT2D eigenvalue weighted by Gasteiger charge is 2.30. The Morgan fingerprint density at radius 2 is 2.00 bits per heavy atom. The van der Waals surface area contributed by atoms with Crippen molar-refractivity contribution in [2.45, 2.75) is 33.2 Å². The summed E-state index contributed by atoms with van der Waals surface area (Å²) >= 11 is 8.09. The van der Waals surface area contributed by atoms with Crippen molar-refractivity contribution in [1.82, 2.24) is 9.38 Å². The molecule has 0 amide bonds. The van der Waals surface area contributed by atoms with Crippen LogP contribution in [0.5, 0.6) is 0 Å². The van der Waals surface area contributed by atoms with Crippen LogP contribution >= 0.6 is 22.9 Å². The molecule has 0 unspecified atom stereocenters. The minimum absolute atomic E-state index is 0.0546. The number of nitrogens with zero attached hydrogens (tertiary/aromatic N) is 3. The van der Waals surface area contributed by atoms with Gasteiger partial charge in [-0.1, -0.05) is 41.1 Å². The zero-order chi connectivity index (χ0) is 21.2. The van der Waals surface area contributed by atoms with E-state index in [0.29, 0.717) is 14.5 Å². The quantitative estimate of drug-likeness (QED) is 0.438. The van der Waals surface area contributed by atoms with Crippen LogP contribution in [0.25, 0.3) is 27.6 Å². The summed E-state index contributed by atoms with van der Waals surface area (Å²) in [6.45, 7) is 9.61. The first-order chi connectivity index (χ1) is 14.3. The second-order valence-corrected chi connectivity index (χ2v) is 9.67. The molecule has 0 bridgehead atoms. The summed E-state index contributed by atoms with van der Waals surface area (Å²) < 4.78 is 2.32. The van der Waals surface area contributed by atoms with Gasteiger partial charge in [-0.2, -0.15) is 0 Å². The van der Waals surface area contributed by atoms with Crippen molar-refractivity contribution in [2.24, 2.45) is 0 Å². The Kier molecular flexibility index (Phi) is 4.31. The number of likely N-dealkylation sites (N-methyl/N-ethyl adjacent to an activating group) is 1. The van der Waals surface area contributed by atoms with Gasteiger partial charge in [0.15, 0.2) is 4.96 Å². The largest absolute Gasteiger partial charge is 0.363 e. The van der Waals surface area contributed by atoms with E-state index in [1.54, 1.807) is 4.40 Å². The van der Waals surface area contributed by atoms with E-state index in [-0.39, 0.29) is 11.1 Å². The number of fused-ring (bicyclic) bond motifs is 4. The fraction of sp³-hybridized carbons (Fsp3) is 0.250. The van der Waals surface area contributed by atoms with Crippen molar-refractivity contribution in [1.29, 1.82) is 0 Å². The summed E-state index contributed by atoms with van der Waals surface area (Å²) in [5, 5.41) is 0.646. The second kappa shape index (κ2) is 6.69. The third-order valence-corrected chi connectivity index (χ3v) is 7.14. The van der Waals surface area contributed by atoms with E-state index in [9.17, 15) is 4.79 Å². The lowest BCUT2D eigenvalue weighted by atomic mass is 9.88. The highest BCUT2D eigenvalue weighted by Crippen LogP contribution is 2.41. The maximum Gasteiger partial charge on any atom is 0.274 e. The zero-order valence-electron chi connectivity index (χ0n) is 17.4. The molecule has 30 heavy (non-hydrogen) atoms. The molecule has 1 aliphatic rings. The van der Waals surface area contributed by atoms with Crippen LogP contribution in [0.1, 0.15) is 38.8 Å². The second-order valence-electron chi connectivity index (χ2n) is 8.25. The van der Waals surface area contributed by atoms with Crippen LogP contribution in [0.15, 0.2) is 47.3 Å². The highest BCUT2D eigenvalue weighted by atomic mass is 35.5. The molecule has 2 aromatic heterocycles. The molecule has 0 atom stereocenters. The minimum Gasteiger partial charge on any atom is -0.363 e. The number of hydrogen-bond acceptors (Lipinski definition) is 4. The van der Waals surface area contributed by atoms with Crippen LogP contribution in [0.2, 0.25) is 5.02 Å². The third-order valence-electron chi connectivity index (χ3n) is 5.84. The summed E-state index contributed by atoms with van der Waals surface area (Å²) in [4.78, 5) is 20.7. The lowest BCUT2D eigenvalue weighted by Gasteiger charge is -2.43. The number of rotatable bonds is 2. The van der Waals surface area contributed by atoms with Gasteiger partial charge in [0.05, 0.1) is 21.1 Å². The number of para-hydroxylation sites is 2. The Hall–Kier alpha value is -2.63. The van der Waals surface area contributed by atoms with Gasteiger partial charge in [0, 0.05) is 22.8 Å². The molecule has 3 heterocycles. The Balaban J connectivity index is 1.71. The smallest absolute Gasteiger partial charge is 0.274 e. The standard InChI is InChI=1S/C24H22ClN3OS/c1-5-27-20-12-17(25)15(10-16(20)14(2)13-24(27,3)4)11-21-22(29)28-19-9-7-6-8-18(19)26-23(28)30-21/h6-13H,5H2,1-4H3/b21-11+. The highest BCUT2D eigenvalue weighted by molar-refractivity contribution is 7.15. The van der Waals surface area contributed by atoms with Gasteiger partial charge < -0.3 is 4.90 Å².